The molecule has 0 saturated carbocycles. The third-order valence-electron chi connectivity index (χ3n) is 2.19. The number of aromatic nitrogens is 1. The molecule has 1 fully saturated rings. The highest BCUT2D eigenvalue weighted by atomic mass is 16.6. The molecule has 1 aromatic heterocycles. The summed E-state index contributed by atoms with van der Waals surface area (Å²) in [5.41, 5.74) is 6.23. The number of hydrogen-bond donors (Lipinski definition) is 2. The second kappa shape index (κ2) is 4.80. The molecule has 0 aliphatic carbocycles. The van der Waals surface area contributed by atoms with Gasteiger partial charge in [0.1, 0.15) is 12.4 Å². The Balaban J connectivity index is 1.82. The summed E-state index contributed by atoms with van der Waals surface area (Å²) < 4.78 is 10.3. The lowest BCUT2D eigenvalue weighted by Gasteiger charge is -2.09. The van der Waals surface area contributed by atoms with E-state index in [9.17, 15) is 4.79 Å². The van der Waals surface area contributed by atoms with Gasteiger partial charge in [-0.2, -0.15) is 0 Å². The van der Waals surface area contributed by atoms with Crippen LogP contribution in [0, 0.1) is 0 Å². The summed E-state index contributed by atoms with van der Waals surface area (Å²) in [5.74, 6) is 0.639. The van der Waals surface area contributed by atoms with Gasteiger partial charge in [0.15, 0.2) is 6.10 Å². The predicted octanol–water partition coefficient (Wildman–Crippen LogP) is 0.0275. The largest absolute Gasteiger partial charge is 0.488 e. The number of pyridine rings is 1. The summed E-state index contributed by atoms with van der Waals surface area (Å²) in [7, 11) is 0. The highest BCUT2D eigenvalue weighted by Gasteiger charge is 2.22. The summed E-state index contributed by atoms with van der Waals surface area (Å²) in [6.45, 7) is 1.21. The van der Waals surface area contributed by atoms with Crippen LogP contribution in [0.15, 0.2) is 18.3 Å². The Bertz CT molecular complexity index is 366. The van der Waals surface area contributed by atoms with E-state index < -0.39 is 6.09 Å². The lowest BCUT2D eigenvalue weighted by molar-refractivity contribution is 0.104. The fourth-order valence-corrected chi connectivity index (χ4v) is 1.33. The molecule has 0 spiro atoms. The zero-order chi connectivity index (χ0) is 11.4. The lowest BCUT2D eigenvalue weighted by atomic mass is 10.3. The van der Waals surface area contributed by atoms with Gasteiger partial charge in [-0.25, -0.2) is 4.79 Å². The van der Waals surface area contributed by atoms with Crippen molar-refractivity contribution in [2.75, 3.05) is 13.2 Å². The van der Waals surface area contributed by atoms with Gasteiger partial charge in [-0.1, -0.05) is 0 Å². The molecule has 86 valence electrons. The highest BCUT2D eigenvalue weighted by Crippen LogP contribution is 2.10. The highest BCUT2D eigenvalue weighted by molar-refractivity contribution is 5.69. The number of nitrogens with one attached hydrogen (secondary N) is 1. The van der Waals surface area contributed by atoms with Gasteiger partial charge in [0, 0.05) is 6.54 Å². The van der Waals surface area contributed by atoms with Gasteiger partial charge in [0.05, 0.1) is 18.4 Å². The fraction of sp³-hybridized carbons (Fsp3) is 0.400. The first kappa shape index (κ1) is 10.7. The second-order valence-corrected chi connectivity index (χ2v) is 3.41. The summed E-state index contributed by atoms with van der Waals surface area (Å²) in [5, 5.41) is 2.55. The number of nitrogens with zero attached hydrogens (tertiary/aromatic N) is 1. The summed E-state index contributed by atoms with van der Waals surface area (Å²) in [4.78, 5) is 14.8. The first-order chi connectivity index (χ1) is 7.78. The van der Waals surface area contributed by atoms with Crippen molar-refractivity contribution in [2.45, 2.75) is 12.6 Å². The number of nitrogens with two attached hydrogens (primary N) is 1. The Morgan fingerprint density at radius 3 is 3.06 bits per heavy atom. The summed E-state index contributed by atoms with van der Waals surface area (Å²) >= 11 is 0. The number of amides is 1. The van der Waals surface area contributed by atoms with Gasteiger partial charge in [0.25, 0.3) is 0 Å². The number of carbonyl (C=O) groups excluding carboxylic acids is 1. The summed E-state index contributed by atoms with van der Waals surface area (Å²) in [6, 6.07) is 3.59. The first-order valence-electron chi connectivity index (χ1n) is 5.00. The monoisotopic (exact) mass is 223 g/mol. The van der Waals surface area contributed by atoms with Crippen molar-refractivity contribution in [1.82, 2.24) is 10.3 Å². The zero-order valence-electron chi connectivity index (χ0n) is 8.68. The Labute approximate surface area is 92.7 Å². The minimum atomic E-state index is -0.398. The number of ether oxygens (including phenoxy) is 2. The van der Waals surface area contributed by atoms with E-state index in [1.807, 2.05) is 0 Å². The Morgan fingerprint density at radius 2 is 2.50 bits per heavy atom. The average Bonchev–Trinajstić information content (AvgIpc) is 2.73. The van der Waals surface area contributed by atoms with E-state index in [4.69, 9.17) is 15.2 Å². The molecule has 0 radical (unpaired) electrons. The molecule has 1 aliphatic rings. The lowest BCUT2D eigenvalue weighted by Crippen LogP contribution is -2.22. The van der Waals surface area contributed by atoms with Crippen LogP contribution >= 0.6 is 0 Å². The minimum absolute atomic E-state index is 0.235. The molecule has 6 nitrogen and oxygen atoms in total. The normalized spacial score (nSPS) is 19.1. The van der Waals surface area contributed by atoms with Crippen molar-refractivity contribution in [3.63, 3.8) is 0 Å². The third-order valence-corrected chi connectivity index (χ3v) is 2.19. The topological polar surface area (TPSA) is 86.5 Å². The van der Waals surface area contributed by atoms with Crippen LogP contribution in [-0.4, -0.2) is 30.3 Å². The zero-order valence-corrected chi connectivity index (χ0v) is 8.68. The number of hydrogen-bond acceptors (Lipinski definition) is 5. The van der Waals surface area contributed by atoms with Crippen LogP contribution in [0.4, 0.5) is 4.79 Å². The Morgan fingerprint density at radius 1 is 1.62 bits per heavy atom. The molecule has 3 N–H and O–H groups in total. The van der Waals surface area contributed by atoms with E-state index in [1.54, 1.807) is 18.3 Å². The SMILES string of the molecule is NCc1ccc(OCC2CNC(=O)O2)cn1. The van der Waals surface area contributed by atoms with E-state index in [1.165, 1.54) is 0 Å². The van der Waals surface area contributed by atoms with E-state index in [0.29, 0.717) is 25.4 Å². The average molecular weight is 223 g/mol. The maximum atomic E-state index is 10.7. The van der Waals surface area contributed by atoms with Crippen LogP contribution in [0.25, 0.3) is 0 Å². The first-order valence-corrected chi connectivity index (χ1v) is 5.00. The molecule has 1 saturated heterocycles. The molecular formula is C10H13N3O3. The molecule has 2 heterocycles. The Hall–Kier alpha value is -1.82. The van der Waals surface area contributed by atoms with Gasteiger partial charge in [-0.15, -0.1) is 0 Å². The smallest absolute Gasteiger partial charge is 0.407 e. The van der Waals surface area contributed by atoms with Crippen molar-refractivity contribution < 1.29 is 14.3 Å². The standard InChI is InChI=1S/C10H13N3O3/c11-3-7-1-2-8(4-12-7)15-6-9-5-13-10(14)16-9/h1-2,4,9H,3,5-6,11H2,(H,13,14). The van der Waals surface area contributed by atoms with Crippen LogP contribution in [0.2, 0.25) is 0 Å². The molecule has 1 aromatic rings. The summed E-state index contributed by atoms with van der Waals surface area (Å²) in [6.07, 6.45) is 0.971. The molecule has 1 unspecified atom stereocenters. The van der Waals surface area contributed by atoms with Crippen molar-refractivity contribution in [3.05, 3.63) is 24.0 Å². The van der Waals surface area contributed by atoms with E-state index in [-0.39, 0.29) is 6.10 Å². The number of alkyl carbamates (subject to hydrolysis) is 1. The maximum Gasteiger partial charge on any atom is 0.407 e. The second-order valence-electron chi connectivity index (χ2n) is 3.41. The number of cyclic esters (lactones) is 1. The fourth-order valence-electron chi connectivity index (χ4n) is 1.33. The van der Waals surface area contributed by atoms with Crippen LogP contribution in [0.1, 0.15) is 5.69 Å². The molecule has 6 heteroatoms. The minimum Gasteiger partial charge on any atom is -0.488 e. The number of rotatable bonds is 4. The van der Waals surface area contributed by atoms with Crippen molar-refractivity contribution in [2.24, 2.45) is 5.73 Å². The van der Waals surface area contributed by atoms with Crippen LogP contribution in [-0.2, 0) is 11.3 Å². The predicted molar refractivity (Wildman–Crippen MR) is 55.9 cm³/mol. The quantitative estimate of drug-likeness (QED) is 0.751. The molecule has 2 rings (SSSR count). The van der Waals surface area contributed by atoms with Gasteiger partial charge in [-0.05, 0) is 12.1 Å². The van der Waals surface area contributed by atoms with Crippen LogP contribution in [0.3, 0.4) is 0 Å². The molecule has 1 atom stereocenters. The van der Waals surface area contributed by atoms with Gasteiger partial charge < -0.3 is 20.5 Å². The van der Waals surface area contributed by atoms with Crippen molar-refractivity contribution >= 4 is 6.09 Å². The molecule has 16 heavy (non-hydrogen) atoms. The molecular weight excluding hydrogens is 210 g/mol. The molecule has 1 aliphatic heterocycles. The van der Waals surface area contributed by atoms with Gasteiger partial charge in [0.2, 0.25) is 0 Å². The Kier molecular flexibility index (Phi) is 3.21. The molecule has 0 aromatic carbocycles. The molecule has 0 bridgehead atoms. The van der Waals surface area contributed by atoms with Crippen molar-refractivity contribution in [1.29, 1.82) is 0 Å². The maximum absolute atomic E-state index is 10.7. The number of carbonyl (C=O) groups is 1. The molecule has 1 amide bonds. The van der Waals surface area contributed by atoms with E-state index >= 15 is 0 Å². The van der Waals surface area contributed by atoms with E-state index in [2.05, 4.69) is 10.3 Å². The van der Waals surface area contributed by atoms with Crippen molar-refractivity contribution in [3.8, 4) is 5.75 Å². The van der Waals surface area contributed by atoms with Gasteiger partial charge in [-0.3, -0.25) is 4.98 Å². The van der Waals surface area contributed by atoms with E-state index in [0.717, 1.165) is 5.69 Å². The van der Waals surface area contributed by atoms with Crippen LogP contribution < -0.4 is 15.8 Å². The third kappa shape index (κ3) is 2.60. The van der Waals surface area contributed by atoms with Crippen LogP contribution in [0.5, 0.6) is 5.75 Å². The van der Waals surface area contributed by atoms with Gasteiger partial charge >= 0.3 is 6.09 Å².